The summed E-state index contributed by atoms with van der Waals surface area (Å²) in [5, 5.41) is 0. The Bertz CT molecular complexity index is 180. The summed E-state index contributed by atoms with van der Waals surface area (Å²) in [5.41, 5.74) is 0. The van der Waals surface area contributed by atoms with Gasteiger partial charge in [-0.3, -0.25) is 0 Å². The minimum absolute atomic E-state index is 0.252. The predicted molar refractivity (Wildman–Crippen MR) is 59.8 cm³/mol. The summed E-state index contributed by atoms with van der Waals surface area (Å²) in [6.45, 7) is 7.28. The van der Waals surface area contributed by atoms with Gasteiger partial charge in [-0.25, -0.2) is 4.79 Å². The maximum Gasteiger partial charge on any atom is 0.330 e. The Kier molecular flexibility index (Phi) is 8.57. The SMILES string of the molecule is CC=CC(=O)OCCC[SiH](C)OCC. The van der Waals surface area contributed by atoms with Crippen LogP contribution in [0.5, 0.6) is 0 Å². The fourth-order valence-corrected chi connectivity index (χ4v) is 2.57. The number of allylic oxidation sites excluding steroid dienone is 1. The van der Waals surface area contributed by atoms with Crippen molar-refractivity contribution in [2.75, 3.05) is 13.2 Å². The Balaban J connectivity index is 3.32. The molecule has 0 aromatic rings. The molecule has 0 heterocycles. The van der Waals surface area contributed by atoms with Gasteiger partial charge in [0.25, 0.3) is 0 Å². The third-order valence-electron chi connectivity index (χ3n) is 1.75. The average molecular weight is 216 g/mol. The number of hydrogen-bond acceptors (Lipinski definition) is 3. The maximum absolute atomic E-state index is 10.9. The average Bonchev–Trinajstić information content (AvgIpc) is 2.13. The second-order valence-electron chi connectivity index (χ2n) is 3.08. The highest BCUT2D eigenvalue weighted by molar-refractivity contribution is 6.50. The summed E-state index contributed by atoms with van der Waals surface area (Å²) < 4.78 is 10.4. The van der Waals surface area contributed by atoms with Crippen molar-refractivity contribution in [3.05, 3.63) is 12.2 Å². The molecule has 3 nitrogen and oxygen atoms in total. The van der Waals surface area contributed by atoms with Crippen LogP contribution < -0.4 is 0 Å². The van der Waals surface area contributed by atoms with E-state index in [1.54, 1.807) is 13.0 Å². The van der Waals surface area contributed by atoms with Gasteiger partial charge in [-0.15, -0.1) is 0 Å². The lowest BCUT2D eigenvalue weighted by atomic mass is 10.5. The van der Waals surface area contributed by atoms with Gasteiger partial charge >= 0.3 is 5.97 Å². The molecule has 82 valence electrons. The number of hydrogen-bond donors (Lipinski definition) is 0. The number of carbonyl (C=O) groups is 1. The molecule has 0 radical (unpaired) electrons. The third-order valence-corrected chi connectivity index (χ3v) is 3.88. The number of ether oxygens (including phenoxy) is 1. The summed E-state index contributed by atoms with van der Waals surface area (Å²) in [4.78, 5) is 10.9. The lowest BCUT2D eigenvalue weighted by Crippen LogP contribution is -2.14. The van der Waals surface area contributed by atoms with Crippen LogP contribution in [0.4, 0.5) is 0 Å². The van der Waals surface area contributed by atoms with Gasteiger partial charge in [0.05, 0.1) is 6.61 Å². The van der Waals surface area contributed by atoms with Crippen molar-refractivity contribution in [1.29, 1.82) is 0 Å². The highest BCUT2D eigenvalue weighted by Gasteiger charge is 2.03. The molecule has 0 bridgehead atoms. The molecule has 14 heavy (non-hydrogen) atoms. The first-order valence-electron chi connectivity index (χ1n) is 5.11. The molecule has 0 aliphatic carbocycles. The molecular formula is C10H20O3Si. The monoisotopic (exact) mass is 216 g/mol. The van der Waals surface area contributed by atoms with E-state index in [1.807, 2.05) is 6.92 Å². The number of esters is 1. The largest absolute Gasteiger partial charge is 0.463 e. The van der Waals surface area contributed by atoms with E-state index in [1.165, 1.54) is 6.08 Å². The van der Waals surface area contributed by atoms with E-state index in [9.17, 15) is 4.79 Å². The van der Waals surface area contributed by atoms with Gasteiger partial charge < -0.3 is 9.16 Å². The van der Waals surface area contributed by atoms with Crippen LogP contribution in [0.3, 0.4) is 0 Å². The molecular weight excluding hydrogens is 196 g/mol. The fraction of sp³-hybridized carbons (Fsp3) is 0.700. The molecule has 0 spiro atoms. The van der Waals surface area contributed by atoms with Gasteiger partial charge in [-0.2, -0.15) is 0 Å². The molecule has 0 aromatic heterocycles. The molecule has 1 atom stereocenters. The molecule has 0 aliphatic heterocycles. The molecule has 0 amide bonds. The molecule has 0 aliphatic rings. The van der Waals surface area contributed by atoms with E-state index in [0.717, 1.165) is 19.1 Å². The highest BCUT2D eigenvalue weighted by atomic mass is 28.3. The zero-order chi connectivity index (χ0) is 10.8. The smallest absolute Gasteiger partial charge is 0.330 e. The molecule has 0 saturated heterocycles. The second kappa shape index (κ2) is 8.96. The van der Waals surface area contributed by atoms with Crippen LogP contribution >= 0.6 is 0 Å². The van der Waals surface area contributed by atoms with Gasteiger partial charge in [0.2, 0.25) is 0 Å². The minimum Gasteiger partial charge on any atom is -0.463 e. The van der Waals surface area contributed by atoms with E-state index in [4.69, 9.17) is 9.16 Å². The molecule has 0 rings (SSSR count). The summed E-state index contributed by atoms with van der Waals surface area (Å²) in [6, 6.07) is 1.07. The van der Waals surface area contributed by atoms with E-state index in [0.29, 0.717) is 6.61 Å². The zero-order valence-corrected chi connectivity index (χ0v) is 10.4. The molecule has 0 saturated carbocycles. The normalized spacial score (nSPS) is 13.1. The predicted octanol–water partition coefficient (Wildman–Crippen LogP) is 1.89. The van der Waals surface area contributed by atoms with Crippen LogP contribution in [0, 0.1) is 0 Å². The van der Waals surface area contributed by atoms with Crippen molar-refractivity contribution in [2.24, 2.45) is 0 Å². The van der Waals surface area contributed by atoms with E-state index in [-0.39, 0.29) is 5.97 Å². The molecule has 4 heteroatoms. The maximum atomic E-state index is 10.9. The van der Waals surface area contributed by atoms with Crippen molar-refractivity contribution in [1.82, 2.24) is 0 Å². The first kappa shape index (κ1) is 13.4. The second-order valence-corrected chi connectivity index (χ2v) is 5.61. The Morgan fingerprint density at radius 3 is 2.79 bits per heavy atom. The van der Waals surface area contributed by atoms with Gasteiger partial charge in [0.15, 0.2) is 9.04 Å². The first-order chi connectivity index (χ1) is 6.70. The van der Waals surface area contributed by atoms with Crippen LogP contribution in [-0.2, 0) is 14.0 Å². The summed E-state index contributed by atoms with van der Waals surface area (Å²) in [7, 11) is -0.991. The molecule has 0 fully saturated rings. The highest BCUT2D eigenvalue weighted by Crippen LogP contribution is 1.99. The summed E-state index contributed by atoms with van der Waals surface area (Å²) in [6.07, 6.45) is 4.03. The van der Waals surface area contributed by atoms with Crippen LogP contribution in [0.15, 0.2) is 12.2 Å². The number of rotatable bonds is 7. The van der Waals surface area contributed by atoms with Crippen molar-refractivity contribution in [3.63, 3.8) is 0 Å². The van der Waals surface area contributed by atoms with Crippen molar-refractivity contribution >= 4 is 15.0 Å². The van der Waals surface area contributed by atoms with Gasteiger partial charge in [-0.05, 0) is 32.9 Å². The van der Waals surface area contributed by atoms with Crippen LogP contribution in [0.2, 0.25) is 12.6 Å². The van der Waals surface area contributed by atoms with Crippen molar-refractivity contribution in [2.45, 2.75) is 32.9 Å². The van der Waals surface area contributed by atoms with E-state index >= 15 is 0 Å². The van der Waals surface area contributed by atoms with E-state index < -0.39 is 9.04 Å². The Labute approximate surface area is 87.8 Å². The minimum atomic E-state index is -0.991. The van der Waals surface area contributed by atoms with Crippen LogP contribution in [0.25, 0.3) is 0 Å². The number of carbonyl (C=O) groups excluding carboxylic acids is 1. The molecule has 1 unspecified atom stereocenters. The Hall–Kier alpha value is -0.613. The quantitative estimate of drug-likeness (QED) is 0.282. The third kappa shape index (κ3) is 8.01. The first-order valence-corrected chi connectivity index (χ1v) is 7.56. The van der Waals surface area contributed by atoms with Gasteiger partial charge in [0, 0.05) is 12.7 Å². The summed E-state index contributed by atoms with van der Waals surface area (Å²) in [5.74, 6) is -0.252. The standard InChI is InChI=1S/C10H20O3Si/c1-4-7-10(11)12-8-6-9-14(3)13-5-2/h4,7,14H,5-6,8-9H2,1-3H3. The van der Waals surface area contributed by atoms with Crippen LogP contribution in [0.1, 0.15) is 20.3 Å². The summed E-state index contributed by atoms with van der Waals surface area (Å²) >= 11 is 0. The van der Waals surface area contributed by atoms with Gasteiger partial charge in [0.1, 0.15) is 0 Å². The Morgan fingerprint density at radius 2 is 2.21 bits per heavy atom. The topological polar surface area (TPSA) is 35.5 Å². The van der Waals surface area contributed by atoms with Gasteiger partial charge in [-0.1, -0.05) is 6.08 Å². The fourth-order valence-electron chi connectivity index (χ4n) is 1.10. The van der Waals surface area contributed by atoms with E-state index in [2.05, 4.69) is 6.55 Å². The van der Waals surface area contributed by atoms with Crippen LogP contribution in [-0.4, -0.2) is 28.2 Å². The molecule has 0 aromatic carbocycles. The lowest BCUT2D eigenvalue weighted by Gasteiger charge is -2.08. The lowest BCUT2D eigenvalue weighted by molar-refractivity contribution is -0.137. The Morgan fingerprint density at radius 1 is 1.50 bits per heavy atom. The molecule has 0 N–H and O–H groups in total. The zero-order valence-electron chi connectivity index (χ0n) is 9.29. The van der Waals surface area contributed by atoms with Crippen molar-refractivity contribution in [3.8, 4) is 0 Å². The van der Waals surface area contributed by atoms with Crippen molar-refractivity contribution < 1.29 is 14.0 Å².